The lowest BCUT2D eigenvalue weighted by Crippen LogP contribution is -1.93. The van der Waals surface area contributed by atoms with Crippen molar-refractivity contribution in [2.75, 3.05) is 0 Å². The van der Waals surface area contributed by atoms with Crippen molar-refractivity contribution in [3.63, 3.8) is 0 Å². The second-order valence-corrected chi connectivity index (χ2v) is 5.58. The number of fused-ring (bicyclic) bond motifs is 1. The zero-order valence-corrected chi connectivity index (χ0v) is 12.8. The van der Waals surface area contributed by atoms with E-state index in [1.54, 1.807) is 15.6 Å². The maximum absolute atomic E-state index is 6.02. The van der Waals surface area contributed by atoms with Gasteiger partial charge in [-0.2, -0.15) is 10.2 Å². The molecule has 1 N–H and O–H groups in total. The lowest BCUT2D eigenvalue weighted by atomic mass is 10.3. The third-order valence-corrected chi connectivity index (χ3v) is 3.82. The first-order valence-electron chi connectivity index (χ1n) is 6.82. The van der Waals surface area contributed by atoms with Crippen molar-refractivity contribution < 1.29 is 0 Å². The van der Waals surface area contributed by atoms with E-state index in [0.29, 0.717) is 5.02 Å². The number of nitrogens with one attached hydrogen (secondary N) is 1. The van der Waals surface area contributed by atoms with Gasteiger partial charge in [0.15, 0.2) is 5.65 Å². The summed E-state index contributed by atoms with van der Waals surface area (Å²) < 4.78 is 3.55. The minimum Gasteiger partial charge on any atom is -0.335 e. The van der Waals surface area contributed by atoms with Crippen molar-refractivity contribution in [2.45, 2.75) is 6.92 Å². The first-order valence-corrected chi connectivity index (χ1v) is 7.20. The van der Waals surface area contributed by atoms with Crippen LogP contribution in [-0.2, 0) is 7.05 Å². The van der Waals surface area contributed by atoms with Crippen molar-refractivity contribution >= 4 is 22.8 Å². The number of hydrogen-bond acceptors (Lipinski definition) is 3. The van der Waals surface area contributed by atoms with Crippen molar-refractivity contribution in [3.05, 3.63) is 47.4 Å². The standard InChI is InChI=1S/C15H13ClN6/c1-9-13-15(21(2)20-9)19-14(18-13)10-7-17-22(8-10)12-5-3-4-11(16)6-12/h3-8H,1-2H3,(H,18,19). The molecule has 4 rings (SSSR count). The summed E-state index contributed by atoms with van der Waals surface area (Å²) in [5, 5.41) is 9.39. The van der Waals surface area contributed by atoms with Crippen LogP contribution in [0.4, 0.5) is 0 Å². The van der Waals surface area contributed by atoms with Crippen LogP contribution in [0.5, 0.6) is 0 Å². The Morgan fingerprint density at radius 1 is 1.27 bits per heavy atom. The molecule has 0 bridgehead atoms. The van der Waals surface area contributed by atoms with E-state index in [-0.39, 0.29) is 0 Å². The molecule has 0 radical (unpaired) electrons. The lowest BCUT2D eigenvalue weighted by molar-refractivity contribution is 0.773. The number of hydrogen-bond donors (Lipinski definition) is 1. The van der Waals surface area contributed by atoms with Crippen molar-refractivity contribution in [3.8, 4) is 17.1 Å². The van der Waals surface area contributed by atoms with Crippen LogP contribution in [0.2, 0.25) is 5.02 Å². The number of imidazole rings is 1. The lowest BCUT2D eigenvalue weighted by Gasteiger charge is -2.00. The van der Waals surface area contributed by atoms with Crippen LogP contribution >= 0.6 is 11.6 Å². The molecule has 3 heterocycles. The Balaban J connectivity index is 1.78. The number of benzene rings is 1. The molecule has 6 nitrogen and oxygen atoms in total. The van der Waals surface area contributed by atoms with E-state index in [1.807, 2.05) is 44.4 Å². The molecular weight excluding hydrogens is 300 g/mol. The average molecular weight is 313 g/mol. The van der Waals surface area contributed by atoms with E-state index in [4.69, 9.17) is 11.6 Å². The second kappa shape index (κ2) is 4.71. The fourth-order valence-electron chi connectivity index (χ4n) is 2.51. The van der Waals surface area contributed by atoms with E-state index in [2.05, 4.69) is 20.2 Å². The largest absolute Gasteiger partial charge is 0.335 e. The summed E-state index contributed by atoms with van der Waals surface area (Å²) in [5.41, 5.74) is 4.54. The number of nitrogens with zero attached hydrogens (tertiary/aromatic N) is 5. The van der Waals surface area contributed by atoms with E-state index < -0.39 is 0 Å². The Labute approximate surface area is 131 Å². The van der Waals surface area contributed by atoms with Crippen LogP contribution in [-0.4, -0.2) is 29.5 Å². The van der Waals surface area contributed by atoms with Gasteiger partial charge in [-0.3, -0.25) is 0 Å². The molecule has 0 unspecified atom stereocenters. The topological polar surface area (TPSA) is 64.3 Å². The zero-order valence-electron chi connectivity index (χ0n) is 12.1. The predicted molar refractivity (Wildman–Crippen MR) is 85.2 cm³/mol. The summed E-state index contributed by atoms with van der Waals surface area (Å²) in [6.07, 6.45) is 3.70. The number of aryl methyl sites for hydroxylation is 2. The molecule has 0 saturated heterocycles. The molecule has 0 aliphatic rings. The fourth-order valence-corrected chi connectivity index (χ4v) is 2.70. The molecule has 7 heteroatoms. The highest BCUT2D eigenvalue weighted by atomic mass is 35.5. The Morgan fingerprint density at radius 3 is 2.91 bits per heavy atom. The molecule has 110 valence electrons. The van der Waals surface area contributed by atoms with Gasteiger partial charge in [-0.1, -0.05) is 17.7 Å². The van der Waals surface area contributed by atoms with Gasteiger partial charge in [-0.25, -0.2) is 14.3 Å². The second-order valence-electron chi connectivity index (χ2n) is 5.15. The number of aromatic nitrogens is 6. The van der Waals surface area contributed by atoms with Gasteiger partial charge in [0, 0.05) is 18.3 Å². The highest BCUT2D eigenvalue weighted by molar-refractivity contribution is 6.30. The minimum absolute atomic E-state index is 0.681. The molecule has 0 spiro atoms. The van der Waals surface area contributed by atoms with Crippen LogP contribution in [0.3, 0.4) is 0 Å². The zero-order chi connectivity index (χ0) is 15.3. The number of H-pyrrole nitrogens is 1. The monoisotopic (exact) mass is 312 g/mol. The normalized spacial score (nSPS) is 11.4. The van der Waals surface area contributed by atoms with Gasteiger partial charge in [0.1, 0.15) is 11.3 Å². The van der Waals surface area contributed by atoms with E-state index in [0.717, 1.165) is 33.9 Å². The summed E-state index contributed by atoms with van der Waals surface area (Å²) in [6.45, 7) is 1.96. The molecule has 0 atom stereocenters. The number of rotatable bonds is 2. The van der Waals surface area contributed by atoms with Crippen LogP contribution in [0.25, 0.3) is 28.2 Å². The van der Waals surface area contributed by atoms with Gasteiger partial charge < -0.3 is 4.98 Å². The predicted octanol–water partition coefficient (Wildman–Crippen LogP) is 3.11. The summed E-state index contributed by atoms with van der Waals surface area (Å²) >= 11 is 6.02. The molecule has 4 aromatic rings. The third kappa shape index (κ3) is 2.00. The van der Waals surface area contributed by atoms with Gasteiger partial charge >= 0.3 is 0 Å². The molecule has 0 amide bonds. The van der Waals surface area contributed by atoms with Gasteiger partial charge in [0.25, 0.3) is 0 Å². The molecule has 0 aliphatic heterocycles. The van der Waals surface area contributed by atoms with Gasteiger partial charge in [-0.15, -0.1) is 0 Å². The first kappa shape index (κ1) is 13.1. The van der Waals surface area contributed by atoms with Gasteiger partial charge in [-0.05, 0) is 25.1 Å². The number of aromatic amines is 1. The number of halogens is 1. The van der Waals surface area contributed by atoms with Crippen molar-refractivity contribution in [1.82, 2.24) is 29.5 Å². The fraction of sp³-hybridized carbons (Fsp3) is 0.133. The van der Waals surface area contributed by atoms with Crippen molar-refractivity contribution in [1.29, 1.82) is 0 Å². The quantitative estimate of drug-likeness (QED) is 0.618. The minimum atomic E-state index is 0.681. The SMILES string of the molecule is Cc1nn(C)c2nc(-c3cnn(-c4cccc(Cl)c4)c3)[nH]c12. The molecule has 0 aliphatic carbocycles. The van der Waals surface area contributed by atoms with Crippen LogP contribution in [0.15, 0.2) is 36.7 Å². The molecule has 1 aromatic carbocycles. The Kier molecular flexibility index (Phi) is 2.80. The smallest absolute Gasteiger partial charge is 0.176 e. The molecule has 0 fully saturated rings. The Bertz CT molecular complexity index is 943. The Morgan fingerprint density at radius 2 is 2.14 bits per heavy atom. The van der Waals surface area contributed by atoms with E-state index in [1.165, 1.54) is 0 Å². The summed E-state index contributed by atoms with van der Waals surface area (Å²) in [6, 6.07) is 7.56. The first-order chi connectivity index (χ1) is 10.6. The van der Waals surface area contributed by atoms with Gasteiger partial charge in [0.2, 0.25) is 0 Å². The molecule has 22 heavy (non-hydrogen) atoms. The third-order valence-electron chi connectivity index (χ3n) is 3.58. The summed E-state index contributed by atoms with van der Waals surface area (Å²) in [7, 11) is 1.88. The van der Waals surface area contributed by atoms with Crippen LogP contribution < -0.4 is 0 Å². The molecular formula is C15H13ClN6. The molecule has 3 aromatic heterocycles. The maximum Gasteiger partial charge on any atom is 0.176 e. The van der Waals surface area contributed by atoms with E-state index in [9.17, 15) is 0 Å². The van der Waals surface area contributed by atoms with Gasteiger partial charge in [0.05, 0.1) is 23.1 Å². The Hall–Kier alpha value is -2.60. The highest BCUT2D eigenvalue weighted by Crippen LogP contribution is 2.23. The molecule has 0 saturated carbocycles. The highest BCUT2D eigenvalue weighted by Gasteiger charge is 2.13. The van der Waals surface area contributed by atoms with Crippen molar-refractivity contribution in [2.24, 2.45) is 7.05 Å². The summed E-state index contributed by atoms with van der Waals surface area (Å²) in [5.74, 6) is 0.777. The summed E-state index contributed by atoms with van der Waals surface area (Å²) in [4.78, 5) is 7.90. The maximum atomic E-state index is 6.02. The van der Waals surface area contributed by atoms with Crippen LogP contribution in [0.1, 0.15) is 5.69 Å². The van der Waals surface area contributed by atoms with Crippen LogP contribution in [0, 0.1) is 6.92 Å². The van der Waals surface area contributed by atoms with E-state index >= 15 is 0 Å². The average Bonchev–Trinajstić information content (AvgIpc) is 3.18.